The quantitative estimate of drug-likeness (QED) is 0.585. The first kappa shape index (κ1) is 17.1. The van der Waals surface area contributed by atoms with E-state index in [2.05, 4.69) is 9.80 Å². The minimum Gasteiger partial charge on any atom is -0.369 e. The molecule has 0 amide bonds. The lowest BCUT2D eigenvalue weighted by Crippen LogP contribution is -2.31. The molecule has 1 spiro atoms. The maximum Gasteiger partial charge on any atom is 0.292 e. The Kier molecular flexibility index (Phi) is 4.23. The van der Waals surface area contributed by atoms with Gasteiger partial charge in [0.2, 0.25) is 0 Å². The molecule has 2 aliphatic rings. The molecule has 2 aromatic rings. The van der Waals surface area contributed by atoms with Gasteiger partial charge in [-0.25, -0.2) is 4.39 Å². The molecule has 2 aliphatic heterocycles. The molecule has 7 heteroatoms. The molecule has 1 atom stereocenters. The lowest BCUT2D eigenvalue weighted by Gasteiger charge is -2.26. The Morgan fingerprint density at radius 3 is 2.35 bits per heavy atom. The maximum atomic E-state index is 14.2. The fourth-order valence-corrected chi connectivity index (χ4v) is 4.40. The molecule has 136 valence electrons. The van der Waals surface area contributed by atoms with Gasteiger partial charge in [-0.05, 0) is 37.1 Å². The minimum atomic E-state index is -0.329. The zero-order chi connectivity index (χ0) is 18.3. The highest BCUT2D eigenvalue weighted by Gasteiger charge is 2.44. The number of nitro benzene ring substituents is 1. The van der Waals surface area contributed by atoms with E-state index in [1.807, 2.05) is 12.1 Å². The van der Waals surface area contributed by atoms with E-state index in [-0.39, 0.29) is 21.8 Å². The number of nitrogens with zero attached hydrogens (tertiary/aromatic N) is 3. The van der Waals surface area contributed by atoms with Crippen LogP contribution in [0.4, 0.5) is 21.5 Å². The molecule has 5 nitrogen and oxygen atoms in total. The van der Waals surface area contributed by atoms with Gasteiger partial charge in [-0.3, -0.25) is 10.1 Å². The smallest absolute Gasteiger partial charge is 0.292 e. The number of nitro groups is 1. The summed E-state index contributed by atoms with van der Waals surface area (Å²) >= 11 is 5.85. The van der Waals surface area contributed by atoms with Gasteiger partial charge in [-0.1, -0.05) is 23.7 Å². The SMILES string of the molecule is O=[N+]([O-])c1ccccc1N1CCC2(CCN(c3ccc(Cl)cc3F)C2)C1. The molecule has 0 aromatic heterocycles. The van der Waals surface area contributed by atoms with Crippen molar-refractivity contribution in [1.29, 1.82) is 0 Å². The van der Waals surface area contributed by atoms with Crippen LogP contribution in [0.2, 0.25) is 5.02 Å². The summed E-state index contributed by atoms with van der Waals surface area (Å²) in [5.74, 6) is -0.303. The van der Waals surface area contributed by atoms with Gasteiger partial charge in [0.15, 0.2) is 0 Å². The maximum absolute atomic E-state index is 14.2. The normalized spacial score (nSPS) is 22.4. The molecule has 0 aliphatic carbocycles. The van der Waals surface area contributed by atoms with Crippen molar-refractivity contribution < 1.29 is 9.31 Å². The van der Waals surface area contributed by atoms with Crippen molar-refractivity contribution in [2.24, 2.45) is 5.41 Å². The van der Waals surface area contributed by atoms with Gasteiger partial charge in [0, 0.05) is 42.7 Å². The van der Waals surface area contributed by atoms with Gasteiger partial charge in [0.25, 0.3) is 5.69 Å². The fraction of sp³-hybridized carbons (Fsp3) is 0.368. The molecule has 2 saturated heterocycles. The van der Waals surface area contributed by atoms with E-state index >= 15 is 0 Å². The average molecular weight is 376 g/mol. The van der Waals surface area contributed by atoms with Crippen LogP contribution in [0.3, 0.4) is 0 Å². The lowest BCUT2D eigenvalue weighted by molar-refractivity contribution is -0.384. The van der Waals surface area contributed by atoms with Crippen LogP contribution in [-0.2, 0) is 0 Å². The summed E-state index contributed by atoms with van der Waals surface area (Å²) in [4.78, 5) is 15.1. The topological polar surface area (TPSA) is 49.6 Å². The van der Waals surface area contributed by atoms with Crippen molar-refractivity contribution in [3.05, 3.63) is 63.4 Å². The number of hydrogen-bond acceptors (Lipinski definition) is 4. The highest BCUT2D eigenvalue weighted by atomic mass is 35.5. The molecule has 0 radical (unpaired) electrons. The van der Waals surface area contributed by atoms with E-state index < -0.39 is 0 Å². The van der Waals surface area contributed by atoms with Gasteiger partial charge in [0.05, 0.1) is 10.6 Å². The Balaban J connectivity index is 1.53. The van der Waals surface area contributed by atoms with Crippen molar-refractivity contribution in [3.63, 3.8) is 0 Å². The van der Waals surface area contributed by atoms with Crippen LogP contribution in [0, 0.1) is 21.3 Å². The van der Waals surface area contributed by atoms with E-state index in [4.69, 9.17) is 11.6 Å². The lowest BCUT2D eigenvalue weighted by atomic mass is 9.86. The Labute approximate surface area is 156 Å². The molecular weight excluding hydrogens is 357 g/mol. The highest BCUT2D eigenvalue weighted by molar-refractivity contribution is 6.30. The zero-order valence-corrected chi connectivity index (χ0v) is 15.0. The Morgan fingerprint density at radius 1 is 1.04 bits per heavy atom. The first-order valence-corrected chi connectivity index (χ1v) is 9.04. The Hall–Kier alpha value is -2.34. The molecule has 0 bridgehead atoms. The number of hydrogen-bond donors (Lipinski definition) is 0. The third-order valence-electron chi connectivity index (χ3n) is 5.55. The van der Waals surface area contributed by atoms with Crippen molar-refractivity contribution in [1.82, 2.24) is 0 Å². The van der Waals surface area contributed by atoms with Gasteiger partial charge >= 0.3 is 0 Å². The van der Waals surface area contributed by atoms with E-state index in [0.717, 1.165) is 39.0 Å². The van der Waals surface area contributed by atoms with Crippen LogP contribution in [0.1, 0.15) is 12.8 Å². The molecule has 2 heterocycles. The monoisotopic (exact) mass is 375 g/mol. The molecule has 1 unspecified atom stereocenters. The van der Waals surface area contributed by atoms with Crippen LogP contribution in [0.15, 0.2) is 42.5 Å². The number of para-hydroxylation sites is 2. The summed E-state index contributed by atoms with van der Waals surface area (Å²) in [5, 5.41) is 11.7. The second-order valence-electron chi connectivity index (χ2n) is 7.18. The van der Waals surface area contributed by atoms with Gasteiger partial charge < -0.3 is 9.80 Å². The van der Waals surface area contributed by atoms with E-state index in [1.54, 1.807) is 24.3 Å². The first-order valence-electron chi connectivity index (χ1n) is 8.66. The van der Waals surface area contributed by atoms with Crippen LogP contribution < -0.4 is 9.80 Å². The number of anilines is 2. The van der Waals surface area contributed by atoms with Gasteiger partial charge in [-0.2, -0.15) is 0 Å². The van der Waals surface area contributed by atoms with E-state index in [1.165, 1.54) is 6.07 Å². The van der Waals surface area contributed by atoms with Gasteiger partial charge in [-0.15, -0.1) is 0 Å². The number of rotatable bonds is 3. The van der Waals surface area contributed by atoms with E-state index in [0.29, 0.717) is 16.4 Å². The van der Waals surface area contributed by atoms with E-state index in [9.17, 15) is 14.5 Å². The van der Waals surface area contributed by atoms with Crippen molar-refractivity contribution in [3.8, 4) is 0 Å². The van der Waals surface area contributed by atoms with Crippen LogP contribution >= 0.6 is 11.6 Å². The molecule has 4 rings (SSSR count). The minimum absolute atomic E-state index is 0.0375. The number of halogens is 2. The summed E-state index contributed by atoms with van der Waals surface area (Å²) in [6.45, 7) is 3.07. The Bertz CT molecular complexity index is 862. The first-order chi connectivity index (χ1) is 12.5. The standard InChI is InChI=1S/C19H19ClFN3O2/c20-14-5-6-16(15(21)11-14)22-9-7-19(12-22)8-10-23(13-19)17-3-1-2-4-18(17)24(25)26/h1-6,11H,7-10,12-13H2. The molecule has 0 saturated carbocycles. The fourth-order valence-electron chi connectivity index (χ4n) is 4.24. The average Bonchev–Trinajstić information content (AvgIpc) is 3.22. The van der Waals surface area contributed by atoms with Crippen molar-refractivity contribution in [2.75, 3.05) is 36.0 Å². The molecule has 26 heavy (non-hydrogen) atoms. The third-order valence-corrected chi connectivity index (χ3v) is 5.78. The summed E-state index contributed by atoms with van der Waals surface area (Å²) in [5.41, 5.74) is 1.43. The largest absolute Gasteiger partial charge is 0.369 e. The Morgan fingerprint density at radius 2 is 1.69 bits per heavy atom. The summed E-state index contributed by atoms with van der Waals surface area (Å²) in [7, 11) is 0. The molecule has 2 fully saturated rings. The summed E-state index contributed by atoms with van der Waals surface area (Å²) in [6, 6.07) is 11.7. The zero-order valence-electron chi connectivity index (χ0n) is 14.2. The molecule has 0 N–H and O–H groups in total. The van der Waals surface area contributed by atoms with Crippen LogP contribution in [0.25, 0.3) is 0 Å². The third kappa shape index (κ3) is 2.98. The molecular formula is C19H19ClFN3O2. The predicted molar refractivity (Wildman–Crippen MR) is 101 cm³/mol. The van der Waals surface area contributed by atoms with Crippen molar-refractivity contribution in [2.45, 2.75) is 12.8 Å². The summed E-state index contributed by atoms with van der Waals surface area (Å²) < 4.78 is 14.2. The summed E-state index contributed by atoms with van der Waals surface area (Å²) in [6.07, 6.45) is 1.90. The number of benzene rings is 2. The van der Waals surface area contributed by atoms with Crippen molar-refractivity contribution >= 4 is 28.7 Å². The van der Waals surface area contributed by atoms with Crippen LogP contribution in [-0.4, -0.2) is 31.1 Å². The predicted octanol–water partition coefficient (Wildman–Crippen LogP) is 4.49. The molecule has 2 aromatic carbocycles. The highest BCUT2D eigenvalue weighted by Crippen LogP contribution is 2.44. The second kappa shape index (κ2) is 6.43. The van der Waals surface area contributed by atoms with Crippen LogP contribution in [0.5, 0.6) is 0 Å². The van der Waals surface area contributed by atoms with Gasteiger partial charge in [0.1, 0.15) is 11.5 Å². The second-order valence-corrected chi connectivity index (χ2v) is 7.62.